The number of hydrogen-bond donors (Lipinski definition) is 1. The number of halogens is 1. The van der Waals surface area contributed by atoms with Crippen LogP contribution < -0.4 is 5.32 Å². The van der Waals surface area contributed by atoms with E-state index in [0.29, 0.717) is 0 Å². The molecule has 2 rings (SSSR count). The van der Waals surface area contributed by atoms with Crippen LogP contribution in [0.15, 0.2) is 29.3 Å². The summed E-state index contributed by atoms with van der Waals surface area (Å²) in [6.45, 7) is 0. The molecule has 1 N–H and O–H groups in total. The average Bonchev–Trinajstić information content (AvgIpc) is 2.56. The van der Waals surface area contributed by atoms with E-state index in [2.05, 4.69) is 21.2 Å². The van der Waals surface area contributed by atoms with Gasteiger partial charge in [0.25, 0.3) is 0 Å². The predicted molar refractivity (Wildman–Crippen MR) is 55.3 cm³/mol. The van der Waals surface area contributed by atoms with Crippen LogP contribution in [0.25, 0.3) is 5.70 Å². The second-order valence-corrected chi connectivity index (χ2v) is 3.33. The average molecular weight is 238 g/mol. The minimum absolute atomic E-state index is 0.194. The Bertz CT molecular complexity index is 373. The summed E-state index contributed by atoms with van der Waals surface area (Å²) >= 11 is 3.26. The highest BCUT2D eigenvalue weighted by atomic mass is 79.9. The smallest absolute Gasteiger partial charge is 0.146 e. The van der Waals surface area contributed by atoms with Crippen molar-refractivity contribution < 1.29 is 4.79 Å². The van der Waals surface area contributed by atoms with Gasteiger partial charge in [-0.05, 0) is 5.56 Å². The molecule has 0 aromatic heterocycles. The molecule has 0 bridgehead atoms. The van der Waals surface area contributed by atoms with Crippen LogP contribution in [0.1, 0.15) is 17.2 Å². The summed E-state index contributed by atoms with van der Waals surface area (Å²) in [6.07, 6.45) is 0.919. The zero-order valence-corrected chi connectivity index (χ0v) is 8.41. The summed E-state index contributed by atoms with van der Waals surface area (Å²) in [7, 11) is 0. The summed E-state index contributed by atoms with van der Waals surface area (Å²) in [5.41, 5.74) is 3.10. The van der Waals surface area contributed by atoms with Gasteiger partial charge in [0.1, 0.15) is 12.3 Å². The maximum absolute atomic E-state index is 10.7. The third-order valence-corrected chi connectivity index (χ3v) is 2.60. The van der Waals surface area contributed by atoms with Gasteiger partial charge in [-0.3, -0.25) is 0 Å². The molecule has 0 radical (unpaired) electrons. The molecule has 1 aromatic carbocycles. The molecule has 0 fully saturated rings. The third kappa shape index (κ3) is 1.29. The standard InChI is InChI=1S/C10H8BrNO/c11-5-9-7-3-1-2-4-8(7)10(6-13)12-9/h1-6,10,12H/b9-5-. The van der Waals surface area contributed by atoms with E-state index in [9.17, 15) is 4.79 Å². The lowest BCUT2D eigenvalue weighted by Crippen LogP contribution is -2.11. The first-order valence-corrected chi connectivity index (χ1v) is 4.90. The number of aldehydes is 1. The van der Waals surface area contributed by atoms with Crippen molar-refractivity contribution in [2.45, 2.75) is 6.04 Å². The minimum Gasteiger partial charge on any atom is -0.371 e. The lowest BCUT2D eigenvalue weighted by molar-refractivity contribution is -0.109. The van der Waals surface area contributed by atoms with Gasteiger partial charge >= 0.3 is 0 Å². The zero-order chi connectivity index (χ0) is 9.26. The first-order valence-electron chi connectivity index (χ1n) is 3.98. The maximum atomic E-state index is 10.7. The number of benzene rings is 1. The first kappa shape index (κ1) is 8.51. The Morgan fingerprint density at radius 3 is 2.85 bits per heavy atom. The number of fused-ring (bicyclic) bond motifs is 1. The van der Waals surface area contributed by atoms with Crippen LogP contribution >= 0.6 is 15.9 Å². The summed E-state index contributed by atoms with van der Waals surface area (Å²) in [5, 5.41) is 3.10. The fourth-order valence-electron chi connectivity index (χ4n) is 1.53. The Labute approximate surface area is 84.8 Å². The van der Waals surface area contributed by atoms with Crippen molar-refractivity contribution in [3.63, 3.8) is 0 Å². The predicted octanol–water partition coefficient (Wildman–Crippen LogP) is 2.22. The monoisotopic (exact) mass is 237 g/mol. The third-order valence-electron chi connectivity index (χ3n) is 2.14. The lowest BCUT2D eigenvalue weighted by Gasteiger charge is -2.01. The summed E-state index contributed by atoms with van der Waals surface area (Å²) < 4.78 is 0. The molecule has 3 heteroatoms. The van der Waals surface area contributed by atoms with Crippen molar-refractivity contribution in [2.24, 2.45) is 0 Å². The van der Waals surface area contributed by atoms with Crippen LogP contribution in [-0.2, 0) is 4.79 Å². The molecule has 13 heavy (non-hydrogen) atoms. The second-order valence-electron chi connectivity index (χ2n) is 2.87. The molecule has 1 aromatic rings. The van der Waals surface area contributed by atoms with Crippen LogP contribution in [0.5, 0.6) is 0 Å². The van der Waals surface area contributed by atoms with Crippen LogP contribution in [0.3, 0.4) is 0 Å². The van der Waals surface area contributed by atoms with Crippen LogP contribution in [-0.4, -0.2) is 6.29 Å². The molecule has 0 amide bonds. The fraction of sp³-hybridized carbons (Fsp3) is 0.100. The zero-order valence-electron chi connectivity index (χ0n) is 6.83. The van der Waals surface area contributed by atoms with Gasteiger partial charge in [0, 0.05) is 16.2 Å². The van der Waals surface area contributed by atoms with Gasteiger partial charge in [0.05, 0.1) is 0 Å². The number of carbonyl (C=O) groups excluding carboxylic acids is 1. The molecule has 0 spiro atoms. The van der Waals surface area contributed by atoms with Crippen molar-refractivity contribution in [3.05, 3.63) is 40.4 Å². The SMILES string of the molecule is O=CC1N/C(=C\Br)c2ccccc21. The summed E-state index contributed by atoms with van der Waals surface area (Å²) in [4.78, 5) is 12.5. The van der Waals surface area contributed by atoms with E-state index in [1.54, 1.807) is 4.99 Å². The molecule has 1 atom stereocenters. The molecule has 0 saturated heterocycles. The maximum Gasteiger partial charge on any atom is 0.146 e. The van der Waals surface area contributed by atoms with Gasteiger partial charge in [-0.15, -0.1) is 0 Å². The number of rotatable bonds is 1. The number of hydrogen-bond acceptors (Lipinski definition) is 2. The molecule has 1 heterocycles. The van der Waals surface area contributed by atoms with Crippen LogP contribution in [0.4, 0.5) is 0 Å². The van der Waals surface area contributed by atoms with E-state index in [1.807, 2.05) is 24.3 Å². The van der Waals surface area contributed by atoms with Crippen molar-refractivity contribution >= 4 is 27.9 Å². The normalized spacial score (nSPS) is 22.5. The summed E-state index contributed by atoms with van der Waals surface area (Å²) in [6, 6.07) is 7.67. The molecule has 0 aliphatic carbocycles. The molecule has 1 aliphatic heterocycles. The van der Waals surface area contributed by atoms with E-state index in [4.69, 9.17) is 0 Å². The Balaban J connectivity index is 2.56. The molecule has 66 valence electrons. The van der Waals surface area contributed by atoms with Gasteiger partial charge in [-0.2, -0.15) is 0 Å². The van der Waals surface area contributed by atoms with Crippen molar-refractivity contribution in [2.75, 3.05) is 0 Å². The highest BCUT2D eigenvalue weighted by molar-refractivity contribution is 9.11. The van der Waals surface area contributed by atoms with Gasteiger partial charge in [-0.1, -0.05) is 40.2 Å². The van der Waals surface area contributed by atoms with Crippen LogP contribution in [0, 0.1) is 0 Å². The minimum atomic E-state index is -0.194. The van der Waals surface area contributed by atoms with E-state index >= 15 is 0 Å². The Morgan fingerprint density at radius 1 is 1.38 bits per heavy atom. The van der Waals surface area contributed by atoms with E-state index < -0.39 is 0 Å². The summed E-state index contributed by atoms with van der Waals surface area (Å²) in [5.74, 6) is 0. The van der Waals surface area contributed by atoms with Gasteiger partial charge in [0.2, 0.25) is 0 Å². The second kappa shape index (κ2) is 3.34. The Morgan fingerprint density at radius 2 is 2.15 bits per heavy atom. The van der Waals surface area contributed by atoms with Crippen molar-refractivity contribution in [1.82, 2.24) is 5.32 Å². The lowest BCUT2D eigenvalue weighted by atomic mass is 10.1. The highest BCUT2D eigenvalue weighted by Gasteiger charge is 2.23. The highest BCUT2D eigenvalue weighted by Crippen LogP contribution is 2.31. The molecular formula is C10H8BrNO. The van der Waals surface area contributed by atoms with Crippen molar-refractivity contribution in [1.29, 1.82) is 0 Å². The number of nitrogens with one attached hydrogen (secondary N) is 1. The molecule has 2 nitrogen and oxygen atoms in total. The molecular weight excluding hydrogens is 230 g/mol. The Kier molecular flexibility index (Phi) is 2.19. The molecule has 0 saturated carbocycles. The Hall–Kier alpha value is -1.09. The fourth-order valence-corrected chi connectivity index (χ4v) is 1.91. The van der Waals surface area contributed by atoms with Gasteiger partial charge in [-0.25, -0.2) is 0 Å². The van der Waals surface area contributed by atoms with E-state index in [0.717, 1.165) is 23.1 Å². The van der Waals surface area contributed by atoms with Crippen molar-refractivity contribution in [3.8, 4) is 0 Å². The topological polar surface area (TPSA) is 29.1 Å². The quantitative estimate of drug-likeness (QED) is 0.760. The van der Waals surface area contributed by atoms with Gasteiger partial charge in [0.15, 0.2) is 0 Å². The first-order chi connectivity index (χ1) is 6.36. The number of carbonyl (C=O) groups is 1. The molecule has 1 aliphatic rings. The van der Waals surface area contributed by atoms with E-state index in [-0.39, 0.29) is 6.04 Å². The van der Waals surface area contributed by atoms with Gasteiger partial charge < -0.3 is 10.1 Å². The van der Waals surface area contributed by atoms with E-state index in [1.165, 1.54) is 0 Å². The largest absolute Gasteiger partial charge is 0.371 e. The van der Waals surface area contributed by atoms with Crippen LogP contribution in [0.2, 0.25) is 0 Å². The molecule has 1 unspecified atom stereocenters.